The molecule has 2 heterocycles. The Hall–Kier alpha value is -2.68. The summed E-state index contributed by atoms with van der Waals surface area (Å²) in [6.07, 6.45) is 0.719. The third-order valence-corrected chi connectivity index (χ3v) is 6.52. The van der Waals surface area contributed by atoms with Gasteiger partial charge in [0.15, 0.2) is 0 Å². The third-order valence-electron chi connectivity index (χ3n) is 6.02. The van der Waals surface area contributed by atoms with Gasteiger partial charge in [-0.1, -0.05) is 40.2 Å². The van der Waals surface area contributed by atoms with Gasteiger partial charge in [0.05, 0.1) is 31.9 Å². The lowest BCUT2D eigenvalue weighted by Gasteiger charge is -2.29. The molecule has 2 fully saturated rings. The van der Waals surface area contributed by atoms with Crippen LogP contribution in [0, 0.1) is 0 Å². The first-order chi connectivity index (χ1) is 16.0. The largest absolute Gasteiger partial charge is 0.507 e. The number of ether oxygens (including phenoxy) is 2. The summed E-state index contributed by atoms with van der Waals surface area (Å²) in [5, 5.41) is 11.2. The van der Waals surface area contributed by atoms with Crippen molar-refractivity contribution in [1.82, 2.24) is 9.80 Å². The number of nitrogens with zero attached hydrogens (tertiary/aromatic N) is 2. The zero-order valence-electron chi connectivity index (χ0n) is 18.5. The van der Waals surface area contributed by atoms with Gasteiger partial charge in [0.1, 0.15) is 11.5 Å². The van der Waals surface area contributed by atoms with E-state index in [-0.39, 0.29) is 11.3 Å². The van der Waals surface area contributed by atoms with Crippen LogP contribution in [0.2, 0.25) is 0 Å². The lowest BCUT2D eigenvalue weighted by molar-refractivity contribution is -0.140. The minimum Gasteiger partial charge on any atom is -0.507 e. The predicted molar refractivity (Wildman–Crippen MR) is 128 cm³/mol. The highest BCUT2D eigenvalue weighted by atomic mass is 79.9. The van der Waals surface area contributed by atoms with Crippen LogP contribution < -0.4 is 4.74 Å². The zero-order chi connectivity index (χ0) is 23.4. The maximum atomic E-state index is 13.1. The van der Waals surface area contributed by atoms with E-state index < -0.39 is 17.7 Å². The highest BCUT2D eigenvalue weighted by molar-refractivity contribution is 9.10. The van der Waals surface area contributed by atoms with Gasteiger partial charge in [0.2, 0.25) is 0 Å². The molecular weight excluding hydrogens is 488 g/mol. The molecule has 1 amide bonds. The van der Waals surface area contributed by atoms with E-state index in [4.69, 9.17) is 9.47 Å². The summed E-state index contributed by atoms with van der Waals surface area (Å²) in [4.78, 5) is 30.1. The molecule has 0 saturated carbocycles. The van der Waals surface area contributed by atoms with Crippen LogP contribution in [0.25, 0.3) is 5.76 Å². The molecule has 0 radical (unpaired) electrons. The highest BCUT2D eigenvalue weighted by Gasteiger charge is 2.45. The fourth-order valence-corrected chi connectivity index (χ4v) is 4.77. The Balaban J connectivity index is 1.68. The van der Waals surface area contributed by atoms with Crippen molar-refractivity contribution in [2.45, 2.75) is 12.5 Å². The molecule has 7 nitrogen and oxygen atoms in total. The molecule has 2 aromatic rings. The van der Waals surface area contributed by atoms with Crippen LogP contribution in [0.3, 0.4) is 0 Å². The van der Waals surface area contributed by atoms with Crippen LogP contribution in [0.5, 0.6) is 5.75 Å². The SMILES string of the molecule is COc1cccc(C(O)=C2C(=O)C(=O)N(CCCN3CCOCC3)[C@H]2c2cccc(Br)c2)c1. The first kappa shape index (κ1) is 23.5. The third kappa shape index (κ3) is 5.13. The number of methoxy groups -OCH3 is 1. The van der Waals surface area contributed by atoms with Gasteiger partial charge in [-0.3, -0.25) is 14.5 Å². The summed E-state index contributed by atoms with van der Waals surface area (Å²) in [6, 6.07) is 13.7. The molecular formula is C25H27BrN2O5. The van der Waals surface area contributed by atoms with Gasteiger partial charge < -0.3 is 19.5 Å². The average molecular weight is 515 g/mol. The molecule has 8 heteroatoms. The quantitative estimate of drug-likeness (QED) is 0.345. The zero-order valence-corrected chi connectivity index (χ0v) is 20.1. The fourth-order valence-electron chi connectivity index (χ4n) is 4.35. The van der Waals surface area contributed by atoms with E-state index in [1.807, 2.05) is 24.3 Å². The second-order valence-electron chi connectivity index (χ2n) is 8.09. The van der Waals surface area contributed by atoms with Gasteiger partial charge >= 0.3 is 0 Å². The van der Waals surface area contributed by atoms with E-state index in [1.54, 1.807) is 29.2 Å². The number of aliphatic hydroxyl groups excluding tert-OH is 1. The van der Waals surface area contributed by atoms with Crippen LogP contribution in [-0.4, -0.2) is 73.1 Å². The van der Waals surface area contributed by atoms with E-state index >= 15 is 0 Å². The number of hydrogen-bond acceptors (Lipinski definition) is 6. The molecule has 0 bridgehead atoms. The number of benzene rings is 2. The number of carbonyl (C=O) groups excluding carboxylic acids is 2. The van der Waals surface area contributed by atoms with Crippen molar-refractivity contribution < 1.29 is 24.2 Å². The highest BCUT2D eigenvalue weighted by Crippen LogP contribution is 2.40. The van der Waals surface area contributed by atoms with Crippen molar-refractivity contribution >= 4 is 33.4 Å². The summed E-state index contributed by atoms with van der Waals surface area (Å²) in [7, 11) is 1.54. The Labute approximate surface area is 201 Å². The van der Waals surface area contributed by atoms with Crippen molar-refractivity contribution in [1.29, 1.82) is 0 Å². The molecule has 2 saturated heterocycles. The van der Waals surface area contributed by atoms with E-state index in [9.17, 15) is 14.7 Å². The number of halogens is 1. The summed E-state index contributed by atoms with van der Waals surface area (Å²) in [5.74, 6) is -0.913. The monoisotopic (exact) mass is 514 g/mol. The first-order valence-corrected chi connectivity index (χ1v) is 11.8. The van der Waals surface area contributed by atoms with Crippen LogP contribution in [0.15, 0.2) is 58.6 Å². The van der Waals surface area contributed by atoms with Crippen molar-refractivity contribution in [3.05, 3.63) is 69.7 Å². The molecule has 33 heavy (non-hydrogen) atoms. The Bertz CT molecular complexity index is 1060. The molecule has 0 aromatic heterocycles. The Morgan fingerprint density at radius 1 is 1.12 bits per heavy atom. The number of rotatable bonds is 7. The Kier molecular flexibility index (Phi) is 7.47. The first-order valence-electron chi connectivity index (χ1n) is 11.0. The number of Topliss-reactive ketones (excluding diaryl/α,β-unsaturated/α-hetero) is 1. The molecule has 174 valence electrons. The van der Waals surface area contributed by atoms with Crippen molar-refractivity contribution in [3.63, 3.8) is 0 Å². The molecule has 0 aliphatic carbocycles. The Morgan fingerprint density at radius 3 is 2.61 bits per heavy atom. The van der Waals surface area contributed by atoms with E-state index in [1.165, 1.54) is 7.11 Å². The second kappa shape index (κ2) is 10.5. The molecule has 2 aromatic carbocycles. The molecule has 2 aliphatic heterocycles. The standard InChI is InChI=1S/C25H27BrN2O5/c1-32-20-8-3-6-18(16-20)23(29)21-22(17-5-2-7-19(26)15-17)28(25(31)24(21)30)10-4-9-27-11-13-33-14-12-27/h2-3,5-8,15-16,22,29H,4,9-14H2,1H3/t22-/m0/s1. The maximum absolute atomic E-state index is 13.1. The number of ketones is 1. The lowest BCUT2D eigenvalue weighted by atomic mass is 9.95. The van der Waals surface area contributed by atoms with Gasteiger partial charge in [0.25, 0.3) is 11.7 Å². The summed E-state index contributed by atoms with van der Waals surface area (Å²) in [6.45, 7) is 4.38. The normalized spacial score (nSPS) is 20.9. The van der Waals surface area contributed by atoms with Gasteiger partial charge in [-0.25, -0.2) is 0 Å². The maximum Gasteiger partial charge on any atom is 0.295 e. The summed E-state index contributed by atoms with van der Waals surface area (Å²) >= 11 is 3.48. The van der Waals surface area contributed by atoms with Crippen LogP contribution in [0.4, 0.5) is 0 Å². The number of morpholine rings is 1. The molecule has 2 aliphatic rings. The van der Waals surface area contributed by atoms with Crippen molar-refractivity contribution in [2.24, 2.45) is 0 Å². The fraction of sp³-hybridized carbons (Fsp3) is 0.360. The van der Waals surface area contributed by atoms with Gasteiger partial charge in [-0.15, -0.1) is 0 Å². The van der Waals surface area contributed by atoms with Crippen molar-refractivity contribution in [2.75, 3.05) is 46.5 Å². The smallest absolute Gasteiger partial charge is 0.295 e. The molecule has 1 N–H and O–H groups in total. The van der Waals surface area contributed by atoms with E-state index in [2.05, 4.69) is 20.8 Å². The number of likely N-dealkylation sites (tertiary alicyclic amines) is 1. The number of hydrogen-bond donors (Lipinski definition) is 1. The van der Waals surface area contributed by atoms with Gasteiger partial charge in [-0.2, -0.15) is 0 Å². The van der Waals surface area contributed by atoms with Crippen molar-refractivity contribution in [3.8, 4) is 5.75 Å². The molecule has 0 spiro atoms. The molecule has 4 rings (SSSR count). The minimum atomic E-state index is -0.674. The van der Waals surface area contributed by atoms with E-state index in [0.29, 0.717) is 31.1 Å². The van der Waals surface area contributed by atoms with E-state index in [0.717, 1.165) is 36.1 Å². The minimum absolute atomic E-state index is 0.0951. The Morgan fingerprint density at radius 2 is 1.88 bits per heavy atom. The summed E-state index contributed by atoms with van der Waals surface area (Å²) < 4.78 is 11.5. The topological polar surface area (TPSA) is 79.3 Å². The van der Waals surface area contributed by atoms with Crippen LogP contribution in [0.1, 0.15) is 23.6 Å². The molecule has 0 unspecified atom stereocenters. The lowest BCUT2D eigenvalue weighted by Crippen LogP contribution is -2.38. The van der Waals surface area contributed by atoms with Gasteiger partial charge in [-0.05, 0) is 36.2 Å². The number of aliphatic hydroxyl groups is 1. The number of amides is 1. The predicted octanol–water partition coefficient (Wildman–Crippen LogP) is 3.60. The molecule has 1 atom stereocenters. The number of carbonyl (C=O) groups is 2. The summed E-state index contributed by atoms with van der Waals surface area (Å²) in [5.41, 5.74) is 1.29. The second-order valence-corrected chi connectivity index (χ2v) is 9.00. The average Bonchev–Trinajstić information content (AvgIpc) is 3.09. The van der Waals surface area contributed by atoms with Crippen LogP contribution >= 0.6 is 15.9 Å². The van der Waals surface area contributed by atoms with Crippen LogP contribution in [-0.2, 0) is 14.3 Å². The van der Waals surface area contributed by atoms with Gasteiger partial charge in [0, 0.05) is 36.2 Å².